The maximum absolute atomic E-state index is 13.9. The summed E-state index contributed by atoms with van der Waals surface area (Å²) in [5, 5.41) is 12.9. The highest BCUT2D eigenvalue weighted by Gasteiger charge is 2.17. The molecule has 17 heteroatoms. The first kappa shape index (κ1) is 33.2. The zero-order valence-corrected chi connectivity index (χ0v) is 24.9. The van der Waals surface area contributed by atoms with Gasteiger partial charge in [-0.1, -0.05) is 12.0 Å². The van der Waals surface area contributed by atoms with Crippen LogP contribution < -0.4 is 20.1 Å². The first-order chi connectivity index (χ1) is 21.6. The van der Waals surface area contributed by atoms with Crippen molar-refractivity contribution in [2.75, 3.05) is 50.6 Å². The minimum Gasteiger partial charge on any atom is -0.493 e. The Balaban J connectivity index is 1.37. The van der Waals surface area contributed by atoms with E-state index in [9.17, 15) is 18.1 Å². The van der Waals surface area contributed by atoms with Gasteiger partial charge in [-0.2, -0.15) is 5.10 Å². The average Bonchev–Trinajstić information content (AvgIpc) is 3.43. The molecule has 0 saturated heterocycles. The van der Waals surface area contributed by atoms with Gasteiger partial charge in [0.25, 0.3) is 0 Å². The number of phosphoric ester groups is 1. The van der Waals surface area contributed by atoms with Gasteiger partial charge in [0.2, 0.25) is 5.91 Å². The Morgan fingerprint density at radius 3 is 2.73 bits per heavy atom. The van der Waals surface area contributed by atoms with Crippen molar-refractivity contribution in [2.24, 2.45) is 0 Å². The molecule has 0 unspecified atom stereocenters. The smallest absolute Gasteiger partial charge is 0.469 e. The summed E-state index contributed by atoms with van der Waals surface area (Å²) < 4.78 is 54.1. The highest BCUT2D eigenvalue weighted by atomic mass is 31.2. The maximum atomic E-state index is 13.9. The van der Waals surface area contributed by atoms with E-state index in [2.05, 4.69) is 41.2 Å². The monoisotopic (exact) mass is 645 g/mol. The average molecular weight is 646 g/mol. The van der Waals surface area contributed by atoms with Gasteiger partial charge in [0.05, 0.1) is 44.5 Å². The van der Waals surface area contributed by atoms with Crippen molar-refractivity contribution in [2.45, 2.75) is 12.8 Å². The normalized spacial score (nSPS) is 11.4. The van der Waals surface area contributed by atoms with Crippen LogP contribution in [0.15, 0.2) is 42.7 Å². The third-order valence-corrected chi connectivity index (χ3v) is 6.75. The van der Waals surface area contributed by atoms with Crippen LogP contribution >= 0.6 is 7.82 Å². The van der Waals surface area contributed by atoms with Gasteiger partial charge >= 0.3 is 7.82 Å². The van der Waals surface area contributed by atoms with Gasteiger partial charge < -0.3 is 29.9 Å². The van der Waals surface area contributed by atoms with E-state index in [1.165, 1.54) is 25.6 Å². The standard InChI is InChI=1S/C28H30F2N7O7P/c1-3-8-37(10-12-44-45(39,40)41)9-5-11-43-24-16-22-19(15-23(24)42-2)28(32-17-31-22)34-25-13-18(35-36-25)14-26(38)33-21-7-4-6-20(29)27(21)30/h1,4,6-7,13,15-17H,5,8-12,14H2,2H3,(H,33,38)(H2,39,40,41)(H2,31,32,34,35,36). The molecule has 2 heterocycles. The van der Waals surface area contributed by atoms with Gasteiger partial charge in [0, 0.05) is 36.3 Å². The van der Waals surface area contributed by atoms with E-state index >= 15 is 0 Å². The van der Waals surface area contributed by atoms with Crippen LogP contribution in [0.5, 0.6) is 11.5 Å². The molecule has 4 rings (SSSR count). The van der Waals surface area contributed by atoms with Gasteiger partial charge in [0.15, 0.2) is 29.0 Å². The van der Waals surface area contributed by atoms with E-state index in [-0.39, 0.29) is 38.4 Å². The summed E-state index contributed by atoms with van der Waals surface area (Å²) in [7, 11) is -3.07. The first-order valence-corrected chi connectivity index (χ1v) is 15.0. The van der Waals surface area contributed by atoms with Gasteiger partial charge in [0.1, 0.15) is 12.1 Å². The van der Waals surface area contributed by atoms with Crippen LogP contribution in [0.4, 0.5) is 26.1 Å². The summed E-state index contributed by atoms with van der Waals surface area (Å²) in [6.45, 7) is 1.12. The lowest BCUT2D eigenvalue weighted by Crippen LogP contribution is -2.29. The molecule has 0 fully saturated rings. The molecule has 5 N–H and O–H groups in total. The number of phosphoric acid groups is 1. The number of halogens is 2. The molecule has 238 valence electrons. The number of fused-ring (bicyclic) bond motifs is 1. The summed E-state index contributed by atoms with van der Waals surface area (Å²) in [6.07, 6.45) is 7.12. The van der Waals surface area contributed by atoms with Crippen molar-refractivity contribution in [1.82, 2.24) is 25.1 Å². The maximum Gasteiger partial charge on any atom is 0.469 e. The highest BCUT2D eigenvalue weighted by Crippen LogP contribution is 2.36. The molecule has 0 aliphatic rings. The van der Waals surface area contributed by atoms with Crippen LogP contribution in [0.3, 0.4) is 0 Å². The predicted molar refractivity (Wildman–Crippen MR) is 160 cm³/mol. The van der Waals surface area contributed by atoms with E-state index < -0.39 is 25.4 Å². The number of carbonyl (C=O) groups is 1. The Hall–Kier alpha value is -4.65. The summed E-state index contributed by atoms with van der Waals surface area (Å²) in [6, 6.07) is 8.47. The molecular formula is C28H30F2N7O7P. The number of nitrogens with one attached hydrogen (secondary N) is 3. The number of carbonyl (C=O) groups excluding carboxylic acids is 1. The molecule has 0 saturated carbocycles. The van der Waals surface area contributed by atoms with Crippen LogP contribution in [0.2, 0.25) is 0 Å². The third kappa shape index (κ3) is 9.67. The summed E-state index contributed by atoms with van der Waals surface area (Å²) in [5.41, 5.74) is 0.687. The van der Waals surface area contributed by atoms with E-state index in [0.717, 1.165) is 6.07 Å². The number of rotatable bonds is 16. The van der Waals surface area contributed by atoms with Crippen LogP contribution in [-0.4, -0.2) is 80.7 Å². The van der Waals surface area contributed by atoms with Crippen molar-refractivity contribution in [3.8, 4) is 23.8 Å². The number of amides is 1. The van der Waals surface area contributed by atoms with Crippen molar-refractivity contribution in [1.29, 1.82) is 0 Å². The van der Waals surface area contributed by atoms with Crippen molar-refractivity contribution in [3.05, 3.63) is 60.1 Å². The number of methoxy groups -OCH3 is 1. The van der Waals surface area contributed by atoms with Crippen LogP contribution in [-0.2, 0) is 20.3 Å². The summed E-state index contributed by atoms with van der Waals surface area (Å²) in [4.78, 5) is 40.5. The fourth-order valence-corrected chi connectivity index (χ4v) is 4.52. The van der Waals surface area contributed by atoms with Gasteiger partial charge in [-0.15, -0.1) is 6.42 Å². The molecule has 14 nitrogen and oxygen atoms in total. The molecule has 2 aromatic carbocycles. The molecule has 45 heavy (non-hydrogen) atoms. The zero-order valence-electron chi connectivity index (χ0n) is 24.0. The Kier molecular flexibility index (Phi) is 11.4. The fourth-order valence-electron chi connectivity index (χ4n) is 4.20. The molecule has 4 aromatic rings. The molecule has 0 atom stereocenters. The largest absolute Gasteiger partial charge is 0.493 e. The number of ether oxygens (including phenoxy) is 2. The molecule has 0 bridgehead atoms. The molecule has 0 spiro atoms. The van der Waals surface area contributed by atoms with Crippen LogP contribution in [0.25, 0.3) is 10.9 Å². The van der Waals surface area contributed by atoms with Gasteiger partial charge in [-0.3, -0.25) is 19.3 Å². The van der Waals surface area contributed by atoms with Crippen molar-refractivity contribution in [3.63, 3.8) is 0 Å². The van der Waals surface area contributed by atoms with E-state index in [1.54, 1.807) is 23.1 Å². The Morgan fingerprint density at radius 1 is 1.16 bits per heavy atom. The third-order valence-electron chi connectivity index (χ3n) is 6.23. The number of nitrogens with zero attached hydrogens (tertiary/aromatic N) is 4. The second kappa shape index (κ2) is 15.4. The number of H-pyrrole nitrogens is 1. The van der Waals surface area contributed by atoms with Crippen molar-refractivity contribution < 1.29 is 41.9 Å². The number of terminal acetylenes is 1. The topological polar surface area (TPSA) is 184 Å². The lowest BCUT2D eigenvalue weighted by atomic mass is 10.2. The first-order valence-electron chi connectivity index (χ1n) is 13.4. The van der Waals surface area contributed by atoms with Gasteiger partial charge in [-0.05, 0) is 24.6 Å². The second-order valence-electron chi connectivity index (χ2n) is 9.48. The quantitative estimate of drug-likeness (QED) is 0.0681. The minimum atomic E-state index is -4.56. The predicted octanol–water partition coefficient (Wildman–Crippen LogP) is 3.38. The summed E-state index contributed by atoms with van der Waals surface area (Å²) in [5.74, 6) is 1.32. The number of aromatic amines is 1. The lowest BCUT2D eigenvalue weighted by molar-refractivity contribution is -0.115. The zero-order chi connectivity index (χ0) is 32.4. The Morgan fingerprint density at radius 2 is 1.98 bits per heavy atom. The SMILES string of the molecule is C#CCN(CCCOc1cc2ncnc(Nc3cc(CC(=O)Nc4cccc(F)c4F)[nH]n3)c2cc1OC)CCOP(=O)(O)O. The molecule has 0 aliphatic heterocycles. The highest BCUT2D eigenvalue weighted by molar-refractivity contribution is 7.46. The molecular weight excluding hydrogens is 615 g/mol. The van der Waals surface area contributed by atoms with Gasteiger partial charge in [-0.25, -0.2) is 23.3 Å². The molecule has 0 aliphatic carbocycles. The molecule has 0 radical (unpaired) electrons. The lowest BCUT2D eigenvalue weighted by Gasteiger charge is -2.20. The number of hydrogen-bond donors (Lipinski definition) is 5. The molecule has 2 aromatic heterocycles. The fraction of sp³-hybridized carbons (Fsp3) is 0.286. The van der Waals surface area contributed by atoms with Crippen LogP contribution in [0, 0.1) is 24.0 Å². The number of aromatic nitrogens is 4. The van der Waals surface area contributed by atoms with E-state index in [1.807, 2.05) is 0 Å². The van der Waals surface area contributed by atoms with Crippen LogP contribution in [0.1, 0.15) is 12.1 Å². The second-order valence-corrected chi connectivity index (χ2v) is 10.7. The number of benzene rings is 2. The van der Waals surface area contributed by atoms with E-state index in [0.29, 0.717) is 52.7 Å². The minimum absolute atomic E-state index is 0.173. The Bertz CT molecular complexity index is 1730. The van der Waals surface area contributed by atoms with Crippen molar-refractivity contribution >= 4 is 42.0 Å². The number of anilines is 3. The number of hydrogen-bond acceptors (Lipinski definition) is 10. The Labute approximate surface area is 256 Å². The molecule has 1 amide bonds. The van der Waals surface area contributed by atoms with E-state index in [4.69, 9.17) is 25.7 Å². The summed E-state index contributed by atoms with van der Waals surface area (Å²) >= 11 is 0.